The van der Waals surface area contributed by atoms with Crippen LogP contribution in [0.3, 0.4) is 0 Å². The molecule has 8 heteroatoms. The highest BCUT2D eigenvalue weighted by atomic mass is 32.2. The first-order valence-electron chi connectivity index (χ1n) is 3.45. The quantitative estimate of drug-likeness (QED) is 0.728. The molecule has 74 valence electrons. The maximum Gasteiger partial charge on any atom is 0.239 e. The molecule has 1 rings (SSSR count). The van der Waals surface area contributed by atoms with Crippen molar-refractivity contribution in [1.82, 2.24) is 10.2 Å². The summed E-state index contributed by atoms with van der Waals surface area (Å²) in [5, 5.41) is 15.0. The van der Waals surface area contributed by atoms with Crippen molar-refractivity contribution in [1.29, 1.82) is 0 Å². The molecule has 0 amide bonds. The Labute approximate surface area is 79.7 Å². The van der Waals surface area contributed by atoms with Gasteiger partial charge in [0.05, 0.1) is 6.61 Å². The van der Waals surface area contributed by atoms with Crippen LogP contribution in [0.1, 0.15) is 6.92 Å². The van der Waals surface area contributed by atoms with Gasteiger partial charge in [0.1, 0.15) is 10.8 Å². The predicted molar refractivity (Wildman–Crippen MR) is 49.0 cm³/mol. The number of anilines is 1. The third-order valence-corrected chi connectivity index (χ3v) is 3.80. The minimum Gasteiger partial charge on any atom is -0.395 e. The standard InChI is InChI=1S/C5H9N3O3S2/c1-4(2-9)13(10,11)8-5-7-6-3-12-5/h3-4,9H,2H2,1H3,(H,7,8). The van der Waals surface area contributed by atoms with E-state index in [-0.39, 0.29) is 5.13 Å². The van der Waals surface area contributed by atoms with Crippen LogP contribution in [0, 0.1) is 0 Å². The van der Waals surface area contributed by atoms with Gasteiger partial charge in [-0.25, -0.2) is 8.42 Å². The Bertz CT molecular complexity index is 347. The molecule has 0 fully saturated rings. The molecule has 1 heterocycles. The minimum atomic E-state index is -3.53. The molecule has 0 aliphatic carbocycles. The van der Waals surface area contributed by atoms with Gasteiger partial charge in [0.25, 0.3) is 0 Å². The number of aromatic nitrogens is 2. The third kappa shape index (κ3) is 2.61. The molecule has 0 aliphatic rings. The maximum absolute atomic E-state index is 11.3. The normalized spacial score (nSPS) is 14.0. The Hall–Kier alpha value is -0.730. The van der Waals surface area contributed by atoms with E-state index in [1.165, 1.54) is 12.4 Å². The molecule has 0 saturated heterocycles. The highest BCUT2D eigenvalue weighted by Gasteiger charge is 2.20. The molecule has 13 heavy (non-hydrogen) atoms. The monoisotopic (exact) mass is 223 g/mol. The van der Waals surface area contributed by atoms with Crippen LogP contribution in [-0.4, -0.2) is 35.6 Å². The Balaban J connectivity index is 2.74. The molecule has 0 aromatic carbocycles. The molecule has 6 nitrogen and oxygen atoms in total. The zero-order chi connectivity index (χ0) is 9.90. The second-order valence-electron chi connectivity index (χ2n) is 2.38. The van der Waals surface area contributed by atoms with Crippen LogP contribution in [0.15, 0.2) is 5.51 Å². The molecule has 1 aromatic rings. The number of nitrogens with zero attached hydrogens (tertiary/aromatic N) is 2. The van der Waals surface area contributed by atoms with Gasteiger partial charge in [-0.2, -0.15) is 0 Å². The molecular weight excluding hydrogens is 214 g/mol. The van der Waals surface area contributed by atoms with Gasteiger partial charge in [0, 0.05) is 0 Å². The summed E-state index contributed by atoms with van der Waals surface area (Å²) in [5.74, 6) is 0. The van der Waals surface area contributed by atoms with Crippen molar-refractivity contribution in [2.45, 2.75) is 12.2 Å². The lowest BCUT2D eigenvalue weighted by Crippen LogP contribution is -2.28. The van der Waals surface area contributed by atoms with E-state index in [2.05, 4.69) is 14.9 Å². The predicted octanol–water partition coefficient (Wildman–Crippen LogP) is -0.339. The number of nitrogens with one attached hydrogen (secondary N) is 1. The molecule has 1 atom stereocenters. The van der Waals surface area contributed by atoms with Crippen molar-refractivity contribution in [3.8, 4) is 0 Å². The summed E-state index contributed by atoms with van der Waals surface area (Å²) in [4.78, 5) is 0. The van der Waals surface area contributed by atoms with Crippen molar-refractivity contribution in [2.24, 2.45) is 0 Å². The smallest absolute Gasteiger partial charge is 0.239 e. The summed E-state index contributed by atoms with van der Waals surface area (Å²) < 4.78 is 24.8. The number of rotatable bonds is 4. The number of aliphatic hydroxyl groups excluding tert-OH is 1. The van der Waals surface area contributed by atoms with E-state index in [1.807, 2.05) is 0 Å². The lowest BCUT2D eigenvalue weighted by Gasteiger charge is -2.09. The largest absolute Gasteiger partial charge is 0.395 e. The Kier molecular flexibility index (Phi) is 3.17. The van der Waals surface area contributed by atoms with Crippen molar-refractivity contribution < 1.29 is 13.5 Å². The Morgan fingerprint density at radius 2 is 2.46 bits per heavy atom. The van der Waals surface area contributed by atoms with E-state index in [4.69, 9.17) is 5.11 Å². The summed E-state index contributed by atoms with van der Waals surface area (Å²) in [7, 11) is -3.53. The molecule has 1 aromatic heterocycles. The molecular formula is C5H9N3O3S2. The zero-order valence-corrected chi connectivity index (χ0v) is 8.47. The lowest BCUT2D eigenvalue weighted by molar-refractivity contribution is 0.296. The van der Waals surface area contributed by atoms with Crippen LogP contribution >= 0.6 is 11.3 Å². The van der Waals surface area contributed by atoms with Crippen molar-refractivity contribution in [2.75, 3.05) is 11.3 Å². The van der Waals surface area contributed by atoms with Crippen molar-refractivity contribution >= 4 is 26.5 Å². The van der Waals surface area contributed by atoms with Crippen LogP contribution in [-0.2, 0) is 10.0 Å². The van der Waals surface area contributed by atoms with E-state index in [1.54, 1.807) is 0 Å². The fourth-order valence-corrected chi connectivity index (χ4v) is 2.05. The Morgan fingerprint density at radius 3 is 2.92 bits per heavy atom. The van der Waals surface area contributed by atoms with Gasteiger partial charge in [-0.1, -0.05) is 11.3 Å². The van der Waals surface area contributed by atoms with E-state index in [0.29, 0.717) is 0 Å². The molecule has 2 N–H and O–H groups in total. The van der Waals surface area contributed by atoms with Gasteiger partial charge in [-0.05, 0) is 6.92 Å². The lowest BCUT2D eigenvalue weighted by atomic mass is 10.5. The number of hydrogen-bond acceptors (Lipinski definition) is 6. The van der Waals surface area contributed by atoms with Crippen LogP contribution in [0.25, 0.3) is 0 Å². The van der Waals surface area contributed by atoms with Gasteiger partial charge in [0.2, 0.25) is 15.2 Å². The average molecular weight is 223 g/mol. The third-order valence-electron chi connectivity index (χ3n) is 1.38. The second kappa shape index (κ2) is 3.99. The second-order valence-corrected chi connectivity index (χ2v) is 5.32. The summed E-state index contributed by atoms with van der Waals surface area (Å²) in [6, 6.07) is 0. The summed E-state index contributed by atoms with van der Waals surface area (Å²) in [6.07, 6.45) is 0. The SMILES string of the molecule is CC(CO)S(=O)(=O)Nc1nncs1. The number of aliphatic hydroxyl groups is 1. The van der Waals surface area contributed by atoms with Crippen LogP contribution in [0.2, 0.25) is 0 Å². The fourth-order valence-electron chi connectivity index (χ4n) is 0.538. The first-order valence-corrected chi connectivity index (χ1v) is 5.87. The summed E-state index contributed by atoms with van der Waals surface area (Å²) >= 11 is 1.08. The fraction of sp³-hybridized carbons (Fsp3) is 0.600. The van der Waals surface area contributed by atoms with Gasteiger partial charge in [-0.3, -0.25) is 4.72 Å². The van der Waals surface area contributed by atoms with Crippen LogP contribution in [0.4, 0.5) is 5.13 Å². The molecule has 0 aliphatic heterocycles. The average Bonchev–Trinajstić information content (AvgIpc) is 2.54. The van der Waals surface area contributed by atoms with Gasteiger partial charge in [0.15, 0.2) is 0 Å². The summed E-state index contributed by atoms with van der Waals surface area (Å²) in [6.45, 7) is 0.984. The first kappa shape index (κ1) is 10.4. The summed E-state index contributed by atoms with van der Waals surface area (Å²) in [5.41, 5.74) is 1.42. The molecule has 0 bridgehead atoms. The van der Waals surface area contributed by atoms with E-state index >= 15 is 0 Å². The number of sulfonamides is 1. The highest BCUT2D eigenvalue weighted by Crippen LogP contribution is 2.12. The van der Waals surface area contributed by atoms with Crippen molar-refractivity contribution in [3.63, 3.8) is 0 Å². The molecule has 0 saturated carbocycles. The first-order chi connectivity index (χ1) is 6.06. The highest BCUT2D eigenvalue weighted by molar-refractivity contribution is 7.93. The van der Waals surface area contributed by atoms with Gasteiger partial charge in [-0.15, -0.1) is 10.2 Å². The van der Waals surface area contributed by atoms with Gasteiger partial charge < -0.3 is 5.11 Å². The molecule has 1 unspecified atom stereocenters. The van der Waals surface area contributed by atoms with E-state index in [0.717, 1.165) is 11.3 Å². The Morgan fingerprint density at radius 1 is 1.77 bits per heavy atom. The zero-order valence-electron chi connectivity index (χ0n) is 6.84. The number of hydrogen-bond donors (Lipinski definition) is 2. The van der Waals surface area contributed by atoms with Crippen LogP contribution in [0.5, 0.6) is 0 Å². The van der Waals surface area contributed by atoms with E-state index < -0.39 is 21.9 Å². The minimum absolute atomic E-state index is 0.209. The topological polar surface area (TPSA) is 92.2 Å². The maximum atomic E-state index is 11.3. The van der Waals surface area contributed by atoms with E-state index in [9.17, 15) is 8.42 Å². The van der Waals surface area contributed by atoms with Crippen LogP contribution < -0.4 is 4.72 Å². The molecule has 0 radical (unpaired) electrons. The molecule has 0 spiro atoms. The van der Waals surface area contributed by atoms with Crippen molar-refractivity contribution in [3.05, 3.63) is 5.51 Å². The van der Waals surface area contributed by atoms with Gasteiger partial charge >= 0.3 is 0 Å².